The van der Waals surface area contributed by atoms with Crippen molar-refractivity contribution in [1.29, 1.82) is 0 Å². The summed E-state index contributed by atoms with van der Waals surface area (Å²) in [5, 5.41) is 21.2. The maximum Gasteiger partial charge on any atom is 0.305 e. The minimum atomic E-state index is -1.27. The zero-order valence-corrected chi connectivity index (χ0v) is 22.3. The van der Waals surface area contributed by atoms with Crippen molar-refractivity contribution in [2.45, 2.75) is 51.2 Å². The number of carboxylic acids is 1. The molecule has 1 aliphatic carbocycles. The molecule has 0 aromatic heterocycles. The molecule has 4 rings (SSSR count). The van der Waals surface area contributed by atoms with E-state index >= 15 is 0 Å². The molecule has 0 bridgehead atoms. The summed E-state index contributed by atoms with van der Waals surface area (Å²) in [6, 6.07) is 16.8. The van der Waals surface area contributed by atoms with Crippen LogP contribution in [0.25, 0.3) is 6.08 Å². The Balaban J connectivity index is 1.50. The Morgan fingerprint density at radius 1 is 1.00 bits per heavy atom. The largest absolute Gasteiger partial charge is 0.545 e. The molecule has 1 N–H and O–H groups in total. The van der Waals surface area contributed by atoms with Gasteiger partial charge in [0.05, 0.1) is 24.7 Å². The first-order valence-electron chi connectivity index (χ1n) is 13.2. The van der Waals surface area contributed by atoms with E-state index in [1.165, 1.54) is 19.3 Å². The number of hydrogen-bond donors (Lipinski definition) is 1. The van der Waals surface area contributed by atoms with Crippen LogP contribution in [-0.4, -0.2) is 36.0 Å². The zero-order valence-electron chi connectivity index (χ0n) is 22.3. The molecule has 8 heteroatoms. The molecule has 0 heterocycles. The highest BCUT2D eigenvalue weighted by atomic mass is 16.5. The van der Waals surface area contributed by atoms with E-state index in [4.69, 9.17) is 14.2 Å². The third-order valence-electron chi connectivity index (χ3n) is 6.75. The molecule has 3 aromatic carbocycles. The van der Waals surface area contributed by atoms with Gasteiger partial charge in [-0.05, 0) is 85.2 Å². The molecule has 1 aliphatic rings. The number of carbonyl (C=O) groups is 3. The quantitative estimate of drug-likeness (QED) is 0.203. The summed E-state index contributed by atoms with van der Waals surface area (Å²) < 4.78 is 16.7. The smallest absolute Gasteiger partial charge is 0.305 e. The van der Waals surface area contributed by atoms with Gasteiger partial charge in [-0.3, -0.25) is 9.59 Å². The van der Waals surface area contributed by atoms with Crippen molar-refractivity contribution < 1.29 is 38.8 Å². The summed E-state index contributed by atoms with van der Waals surface area (Å²) >= 11 is 0. The standard InChI is InChI=1S/C32H32O8/c1-38-31(36)17-12-23-18-24(32(37)27-14-13-26(19-28(27)33)40-25-4-2-3-5-25)11-15-29(23)39-20-22-8-6-21(7-9-22)10-16-30(34)35/h6-11,13-16,18-19,25,33H,2-5,12,17,20H2,1H3,(H,34,35)/p-1/b16-10+. The number of hydrogen-bond acceptors (Lipinski definition) is 8. The average Bonchev–Trinajstić information content (AvgIpc) is 3.47. The molecule has 0 saturated heterocycles. The molecule has 0 aliphatic heterocycles. The van der Waals surface area contributed by atoms with Crippen molar-refractivity contribution >= 4 is 23.8 Å². The van der Waals surface area contributed by atoms with Crippen molar-refractivity contribution in [2.75, 3.05) is 7.11 Å². The molecule has 40 heavy (non-hydrogen) atoms. The normalized spacial score (nSPS) is 13.3. The molecule has 1 saturated carbocycles. The third kappa shape index (κ3) is 7.72. The number of rotatable bonds is 12. The van der Waals surface area contributed by atoms with Crippen LogP contribution in [0, 0.1) is 0 Å². The van der Waals surface area contributed by atoms with Gasteiger partial charge in [-0.2, -0.15) is 0 Å². The van der Waals surface area contributed by atoms with E-state index in [1.807, 2.05) is 12.1 Å². The van der Waals surface area contributed by atoms with Crippen molar-refractivity contribution in [3.63, 3.8) is 0 Å². The Labute approximate surface area is 232 Å². The second kappa shape index (κ2) is 13.5. The lowest BCUT2D eigenvalue weighted by atomic mass is 9.98. The van der Waals surface area contributed by atoms with Crippen molar-refractivity contribution in [3.05, 3.63) is 94.6 Å². The van der Waals surface area contributed by atoms with Crippen LogP contribution >= 0.6 is 0 Å². The Morgan fingerprint density at radius 2 is 1.75 bits per heavy atom. The first-order valence-corrected chi connectivity index (χ1v) is 13.2. The summed E-state index contributed by atoms with van der Waals surface area (Å²) in [5.74, 6) is -1.14. The lowest BCUT2D eigenvalue weighted by Crippen LogP contribution is -2.18. The first kappa shape index (κ1) is 28.4. The van der Waals surface area contributed by atoms with Gasteiger partial charge in [0.1, 0.15) is 23.9 Å². The number of phenolic OH excluding ortho intramolecular Hbond substituents is 1. The minimum absolute atomic E-state index is 0.0996. The van der Waals surface area contributed by atoms with Gasteiger partial charge >= 0.3 is 5.97 Å². The fourth-order valence-electron chi connectivity index (χ4n) is 4.58. The molecule has 1 fully saturated rings. The Bertz CT molecular complexity index is 1380. The number of ether oxygens (including phenoxy) is 3. The van der Waals surface area contributed by atoms with Crippen LogP contribution < -0.4 is 14.6 Å². The molecule has 0 atom stereocenters. The Kier molecular flexibility index (Phi) is 9.57. The van der Waals surface area contributed by atoms with Gasteiger partial charge in [0.2, 0.25) is 0 Å². The highest BCUT2D eigenvalue weighted by Gasteiger charge is 2.20. The summed E-state index contributed by atoms with van der Waals surface area (Å²) in [4.78, 5) is 35.7. The second-order valence-electron chi connectivity index (χ2n) is 9.61. The summed E-state index contributed by atoms with van der Waals surface area (Å²) in [5.41, 5.74) is 2.69. The van der Waals surface area contributed by atoms with E-state index in [9.17, 15) is 24.6 Å². The van der Waals surface area contributed by atoms with E-state index in [2.05, 4.69) is 0 Å². The molecule has 208 valence electrons. The fourth-order valence-corrected chi connectivity index (χ4v) is 4.58. The number of carbonyl (C=O) groups excluding carboxylic acids is 3. The average molecular weight is 544 g/mol. The van der Waals surface area contributed by atoms with E-state index in [0.29, 0.717) is 28.2 Å². The summed E-state index contributed by atoms with van der Waals surface area (Å²) in [7, 11) is 1.31. The number of aromatic hydroxyl groups is 1. The number of phenols is 1. The predicted octanol–water partition coefficient (Wildman–Crippen LogP) is 4.39. The number of aryl methyl sites for hydroxylation is 1. The van der Waals surface area contributed by atoms with E-state index in [0.717, 1.165) is 37.3 Å². The van der Waals surface area contributed by atoms with E-state index in [-0.39, 0.29) is 42.6 Å². The maximum absolute atomic E-state index is 13.3. The van der Waals surface area contributed by atoms with Gasteiger partial charge in [-0.15, -0.1) is 0 Å². The van der Waals surface area contributed by atoms with Crippen LogP contribution in [0.2, 0.25) is 0 Å². The topological polar surface area (TPSA) is 122 Å². The second-order valence-corrected chi connectivity index (χ2v) is 9.61. The lowest BCUT2D eigenvalue weighted by molar-refractivity contribution is -0.297. The molecule has 0 amide bonds. The highest BCUT2D eigenvalue weighted by molar-refractivity contribution is 6.11. The number of esters is 1. The van der Waals surface area contributed by atoms with Gasteiger partial charge < -0.3 is 29.2 Å². The molecule has 0 spiro atoms. The van der Waals surface area contributed by atoms with Gasteiger partial charge in [-0.25, -0.2) is 0 Å². The molecular formula is C32H31O8-. The van der Waals surface area contributed by atoms with Gasteiger partial charge in [0.25, 0.3) is 0 Å². The Hall–Kier alpha value is -4.59. The molecule has 0 unspecified atom stereocenters. The fraction of sp³-hybridized carbons (Fsp3) is 0.281. The number of carboxylic acid groups (broad SMARTS) is 1. The van der Waals surface area contributed by atoms with Crippen LogP contribution in [-0.2, 0) is 27.4 Å². The minimum Gasteiger partial charge on any atom is -0.545 e. The maximum atomic E-state index is 13.3. The van der Waals surface area contributed by atoms with Gasteiger partial charge in [0, 0.05) is 18.1 Å². The van der Waals surface area contributed by atoms with Crippen molar-refractivity contribution in [2.24, 2.45) is 0 Å². The Morgan fingerprint density at radius 3 is 2.42 bits per heavy atom. The third-order valence-corrected chi connectivity index (χ3v) is 6.75. The van der Waals surface area contributed by atoms with Gasteiger partial charge in [0.15, 0.2) is 5.78 Å². The monoisotopic (exact) mass is 543 g/mol. The van der Waals surface area contributed by atoms with E-state index < -0.39 is 11.9 Å². The zero-order chi connectivity index (χ0) is 28.5. The molecule has 3 aromatic rings. The lowest BCUT2D eigenvalue weighted by Gasteiger charge is -2.15. The number of methoxy groups -OCH3 is 1. The van der Waals surface area contributed by atoms with Crippen LogP contribution in [0.15, 0.2) is 66.7 Å². The number of ketones is 1. The SMILES string of the molecule is COC(=O)CCc1cc(C(=O)c2ccc(OC3CCCC3)cc2O)ccc1OCc1ccc(/C=C/C(=O)[O-])cc1. The number of aliphatic carboxylic acids is 1. The van der Waals surface area contributed by atoms with Crippen LogP contribution in [0.3, 0.4) is 0 Å². The molecule has 8 nitrogen and oxygen atoms in total. The van der Waals surface area contributed by atoms with Crippen molar-refractivity contribution in [3.8, 4) is 17.2 Å². The molecular weight excluding hydrogens is 512 g/mol. The van der Waals surface area contributed by atoms with Crippen molar-refractivity contribution in [1.82, 2.24) is 0 Å². The number of benzene rings is 3. The van der Waals surface area contributed by atoms with Crippen LogP contribution in [0.4, 0.5) is 0 Å². The summed E-state index contributed by atoms with van der Waals surface area (Å²) in [6.45, 7) is 0.215. The van der Waals surface area contributed by atoms with Crippen LogP contribution in [0.1, 0.15) is 64.7 Å². The van der Waals surface area contributed by atoms with E-state index in [1.54, 1.807) is 42.5 Å². The van der Waals surface area contributed by atoms with Gasteiger partial charge in [-0.1, -0.05) is 30.3 Å². The molecule has 0 radical (unpaired) electrons. The highest BCUT2D eigenvalue weighted by Crippen LogP contribution is 2.31. The summed E-state index contributed by atoms with van der Waals surface area (Å²) in [6.07, 6.45) is 7.14. The first-order chi connectivity index (χ1) is 19.3. The van der Waals surface area contributed by atoms with Crippen LogP contribution in [0.5, 0.6) is 17.2 Å². The predicted molar refractivity (Wildman–Crippen MR) is 146 cm³/mol.